The van der Waals surface area contributed by atoms with E-state index in [0.717, 1.165) is 27.9 Å². The van der Waals surface area contributed by atoms with Gasteiger partial charge in [-0.25, -0.2) is 9.78 Å². The van der Waals surface area contributed by atoms with Gasteiger partial charge in [0.25, 0.3) is 0 Å². The summed E-state index contributed by atoms with van der Waals surface area (Å²) < 4.78 is 17.9. The molecule has 0 spiro atoms. The van der Waals surface area contributed by atoms with Crippen LogP contribution in [-0.2, 0) is 20.7 Å². The highest BCUT2D eigenvalue weighted by molar-refractivity contribution is 6.56. The molecule has 1 saturated heterocycles. The second-order valence-corrected chi connectivity index (χ2v) is 9.31. The summed E-state index contributed by atoms with van der Waals surface area (Å²) in [4.78, 5) is 19.5. The van der Waals surface area contributed by atoms with Gasteiger partial charge in [-0.2, -0.15) is 0 Å². The third-order valence-electron chi connectivity index (χ3n) is 6.28. The Labute approximate surface area is 200 Å². The van der Waals surface area contributed by atoms with Crippen LogP contribution in [0.15, 0.2) is 72.6 Å². The largest absolute Gasteiger partial charge is 0.492 e. The SMILES string of the molecule is CC1(C)OB(C(=Cc2ccc(-c3cnc[nH]3)cc2)CNC(=O)OCc2ccccc2)OC1(C)C. The number of imidazole rings is 1. The zero-order valence-corrected chi connectivity index (χ0v) is 20.0. The van der Waals surface area contributed by atoms with Crippen LogP contribution in [0.3, 0.4) is 0 Å². The zero-order chi connectivity index (χ0) is 24.2. The molecule has 2 N–H and O–H groups in total. The van der Waals surface area contributed by atoms with Crippen molar-refractivity contribution in [1.29, 1.82) is 0 Å². The van der Waals surface area contributed by atoms with Crippen LogP contribution in [0.1, 0.15) is 38.8 Å². The third-order valence-corrected chi connectivity index (χ3v) is 6.28. The van der Waals surface area contributed by atoms with Gasteiger partial charge >= 0.3 is 13.2 Å². The fraction of sp³-hybridized carbons (Fsp3) is 0.308. The van der Waals surface area contributed by atoms with E-state index in [1.165, 1.54) is 0 Å². The van der Waals surface area contributed by atoms with Crippen LogP contribution in [-0.4, -0.2) is 40.9 Å². The number of hydrogen-bond acceptors (Lipinski definition) is 5. The number of hydrogen-bond donors (Lipinski definition) is 2. The van der Waals surface area contributed by atoms with Crippen molar-refractivity contribution in [2.75, 3.05) is 6.54 Å². The van der Waals surface area contributed by atoms with Gasteiger partial charge in [0.2, 0.25) is 0 Å². The van der Waals surface area contributed by atoms with Gasteiger partial charge in [0.05, 0.1) is 29.4 Å². The first-order valence-corrected chi connectivity index (χ1v) is 11.3. The summed E-state index contributed by atoms with van der Waals surface area (Å²) in [5, 5.41) is 2.84. The lowest BCUT2D eigenvalue weighted by Gasteiger charge is -2.32. The number of amides is 1. The second kappa shape index (κ2) is 9.87. The molecule has 1 aliphatic rings. The Morgan fingerprint density at radius 3 is 2.35 bits per heavy atom. The predicted octanol–water partition coefficient (Wildman–Crippen LogP) is 5.02. The van der Waals surface area contributed by atoms with Crippen LogP contribution in [0.25, 0.3) is 17.3 Å². The lowest BCUT2D eigenvalue weighted by Crippen LogP contribution is -2.41. The van der Waals surface area contributed by atoms with Crippen LogP contribution in [0.5, 0.6) is 0 Å². The highest BCUT2D eigenvalue weighted by Crippen LogP contribution is 2.38. The predicted molar refractivity (Wildman–Crippen MR) is 133 cm³/mol. The normalized spacial score (nSPS) is 16.9. The van der Waals surface area contributed by atoms with Crippen molar-refractivity contribution < 1.29 is 18.8 Å². The van der Waals surface area contributed by atoms with Crippen molar-refractivity contribution in [2.45, 2.75) is 45.5 Å². The number of nitrogens with zero attached hydrogens (tertiary/aromatic N) is 1. The molecule has 0 aliphatic carbocycles. The molecule has 0 saturated carbocycles. The van der Waals surface area contributed by atoms with Gasteiger partial charge in [0.15, 0.2) is 0 Å². The Balaban J connectivity index is 1.48. The van der Waals surface area contributed by atoms with Crippen LogP contribution in [0.2, 0.25) is 0 Å². The number of benzene rings is 2. The van der Waals surface area contributed by atoms with E-state index in [-0.39, 0.29) is 13.2 Å². The van der Waals surface area contributed by atoms with E-state index in [4.69, 9.17) is 14.0 Å². The molecule has 3 aromatic rings. The standard InChI is InChI=1S/C26H30BN3O4/c1-25(2)26(3,4)34-27(33-25)22(15-29-24(31)32-17-20-8-6-5-7-9-20)14-19-10-12-21(13-11-19)23-16-28-18-30-23/h5-14,16,18H,15,17H2,1-4H3,(H,28,30)(H,29,31). The van der Waals surface area contributed by atoms with Crippen molar-refractivity contribution in [2.24, 2.45) is 0 Å². The Hall–Kier alpha value is -3.36. The first-order valence-electron chi connectivity index (χ1n) is 11.3. The monoisotopic (exact) mass is 459 g/mol. The Morgan fingerprint density at radius 2 is 1.74 bits per heavy atom. The number of ether oxygens (including phenoxy) is 1. The molecular formula is C26H30BN3O4. The van der Waals surface area contributed by atoms with Crippen molar-refractivity contribution in [1.82, 2.24) is 15.3 Å². The molecule has 1 amide bonds. The summed E-state index contributed by atoms with van der Waals surface area (Å²) in [6, 6.07) is 17.6. The molecule has 0 radical (unpaired) electrons. The molecular weight excluding hydrogens is 429 g/mol. The van der Waals surface area contributed by atoms with Gasteiger partial charge in [-0.15, -0.1) is 0 Å². The summed E-state index contributed by atoms with van der Waals surface area (Å²) in [6.45, 7) is 8.46. The molecule has 0 atom stereocenters. The molecule has 8 heteroatoms. The molecule has 176 valence electrons. The molecule has 1 fully saturated rings. The fourth-order valence-electron chi connectivity index (χ4n) is 3.53. The maximum atomic E-state index is 12.4. The number of aromatic nitrogens is 2. The molecule has 2 aromatic carbocycles. The minimum absolute atomic E-state index is 0.206. The van der Waals surface area contributed by atoms with E-state index in [2.05, 4.69) is 15.3 Å². The second-order valence-electron chi connectivity index (χ2n) is 9.31. The Kier molecular flexibility index (Phi) is 6.91. The first-order chi connectivity index (χ1) is 16.2. The van der Waals surface area contributed by atoms with Crippen LogP contribution in [0, 0.1) is 0 Å². The molecule has 2 heterocycles. The molecule has 1 aromatic heterocycles. The highest BCUT2D eigenvalue weighted by Gasteiger charge is 2.52. The van der Waals surface area contributed by atoms with Gasteiger partial charge in [0, 0.05) is 6.54 Å². The van der Waals surface area contributed by atoms with E-state index in [0.29, 0.717) is 0 Å². The van der Waals surface area contributed by atoms with E-state index in [1.54, 1.807) is 12.5 Å². The van der Waals surface area contributed by atoms with Gasteiger partial charge in [-0.1, -0.05) is 60.7 Å². The zero-order valence-electron chi connectivity index (χ0n) is 20.0. The average molecular weight is 459 g/mol. The molecule has 0 unspecified atom stereocenters. The fourth-order valence-corrected chi connectivity index (χ4v) is 3.53. The molecule has 1 aliphatic heterocycles. The number of nitrogens with one attached hydrogen (secondary N) is 2. The smallest absolute Gasteiger partial charge is 0.445 e. The number of H-pyrrole nitrogens is 1. The van der Waals surface area contributed by atoms with E-state index in [1.807, 2.05) is 88.4 Å². The van der Waals surface area contributed by atoms with Gasteiger partial charge in [-0.05, 0) is 49.9 Å². The number of rotatable bonds is 7. The van der Waals surface area contributed by atoms with E-state index in [9.17, 15) is 4.79 Å². The van der Waals surface area contributed by atoms with Crippen LogP contribution in [0.4, 0.5) is 4.79 Å². The topological polar surface area (TPSA) is 85.5 Å². The molecule has 7 nitrogen and oxygen atoms in total. The van der Waals surface area contributed by atoms with Gasteiger partial charge in [-0.3, -0.25) is 0 Å². The minimum Gasteiger partial charge on any atom is -0.445 e. The van der Waals surface area contributed by atoms with Crippen molar-refractivity contribution >= 4 is 19.3 Å². The van der Waals surface area contributed by atoms with Gasteiger partial charge < -0.3 is 24.3 Å². The quantitative estimate of drug-likeness (QED) is 0.485. The summed E-state index contributed by atoms with van der Waals surface area (Å²) in [5.74, 6) is 0. The molecule has 4 rings (SSSR count). The number of aromatic amines is 1. The summed E-state index contributed by atoms with van der Waals surface area (Å²) in [7, 11) is -0.591. The molecule has 34 heavy (non-hydrogen) atoms. The van der Waals surface area contributed by atoms with Crippen LogP contribution >= 0.6 is 0 Å². The van der Waals surface area contributed by atoms with Crippen molar-refractivity contribution in [3.8, 4) is 11.3 Å². The summed E-state index contributed by atoms with van der Waals surface area (Å²) in [6.07, 6.45) is 4.92. The maximum Gasteiger partial charge on any atom is 0.492 e. The summed E-state index contributed by atoms with van der Waals surface area (Å²) in [5.41, 5.74) is 3.69. The lowest BCUT2D eigenvalue weighted by atomic mass is 9.77. The lowest BCUT2D eigenvalue weighted by molar-refractivity contribution is 0.00578. The first kappa shape index (κ1) is 23.8. The Bertz CT molecular complexity index is 1110. The van der Waals surface area contributed by atoms with Gasteiger partial charge in [0.1, 0.15) is 6.61 Å². The van der Waals surface area contributed by atoms with E-state index >= 15 is 0 Å². The number of carbonyl (C=O) groups excluding carboxylic acids is 1. The van der Waals surface area contributed by atoms with Crippen LogP contribution < -0.4 is 5.32 Å². The Morgan fingerprint density at radius 1 is 1.06 bits per heavy atom. The maximum absolute atomic E-state index is 12.4. The van der Waals surface area contributed by atoms with E-state index < -0.39 is 24.4 Å². The summed E-state index contributed by atoms with van der Waals surface area (Å²) >= 11 is 0. The number of carbonyl (C=O) groups is 1. The van der Waals surface area contributed by atoms with Crippen molar-refractivity contribution in [3.05, 3.63) is 83.7 Å². The molecule has 0 bridgehead atoms. The van der Waals surface area contributed by atoms with Crippen molar-refractivity contribution in [3.63, 3.8) is 0 Å². The third kappa shape index (κ3) is 5.58. The average Bonchev–Trinajstić information content (AvgIpc) is 3.42. The minimum atomic E-state index is -0.591. The highest BCUT2D eigenvalue weighted by atomic mass is 16.7. The number of alkyl carbamates (subject to hydrolysis) is 1.